The minimum atomic E-state index is -0.503. The molecule has 0 N–H and O–H groups in total. The van der Waals surface area contributed by atoms with Gasteiger partial charge < -0.3 is 9.47 Å². The third-order valence-corrected chi connectivity index (χ3v) is 6.37. The molecule has 0 heterocycles. The fraction of sp³-hybridized carbons (Fsp3) is 0.176. The van der Waals surface area contributed by atoms with E-state index in [0.29, 0.717) is 24.0 Å². The number of Topliss-reactive ketones (excluding diaryl/α,β-unsaturated/α-hetero) is 2. The van der Waals surface area contributed by atoms with Crippen LogP contribution in [0, 0.1) is 0 Å². The molecule has 0 atom stereocenters. The third kappa shape index (κ3) is 8.33. The van der Waals surface area contributed by atoms with Gasteiger partial charge in [-0.05, 0) is 35.1 Å². The van der Waals surface area contributed by atoms with Gasteiger partial charge in [-0.15, -0.1) is 0 Å². The van der Waals surface area contributed by atoms with Crippen LogP contribution in [0.25, 0.3) is 22.3 Å². The highest BCUT2D eigenvalue weighted by Crippen LogP contribution is 2.20. The van der Waals surface area contributed by atoms with E-state index in [1.807, 2.05) is 84.9 Å². The van der Waals surface area contributed by atoms with Crippen LogP contribution < -0.4 is 0 Å². The van der Waals surface area contributed by atoms with Gasteiger partial charge in [0.25, 0.3) is 0 Å². The van der Waals surface area contributed by atoms with Crippen LogP contribution in [-0.4, -0.2) is 36.7 Å². The second kappa shape index (κ2) is 14.4. The first kappa shape index (κ1) is 28.2. The molecule has 6 nitrogen and oxygen atoms in total. The molecule has 0 bridgehead atoms. The summed E-state index contributed by atoms with van der Waals surface area (Å²) in [7, 11) is 0. The summed E-state index contributed by atoms with van der Waals surface area (Å²) in [6.07, 6.45) is 0.978. The number of hydrogen-bond acceptors (Lipinski definition) is 6. The van der Waals surface area contributed by atoms with E-state index in [9.17, 15) is 19.2 Å². The van der Waals surface area contributed by atoms with Crippen LogP contribution >= 0.6 is 0 Å². The van der Waals surface area contributed by atoms with E-state index in [-0.39, 0.29) is 37.6 Å². The topological polar surface area (TPSA) is 86.7 Å². The van der Waals surface area contributed by atoms with Gasteiger partial charge in [0, 0.05) is 24.0 Å². The smallest absolute Gasteiger partial charge is 0.306 e. The molecule has 202 valence electrons. The molecule has 0 spiro atoms. The maximum atomic E-state index is 12.4. The summed E-state index contributed by atoms with van der Waals surface area (Å²) in [4.78, 5) is 48.8. The lowest BCUT2D eigenvalue weighted by Gasteiger charge is -2.07. The quantitative estimate of drug-likeness (QED) is 0.107. The van der Waals surface area contributed by atoms with E-state index in [4.69, 9.17) is 9.47 Å². The second-order valence-corrected chi connectivity index (χ2v) is 9.26. The fourth-order valence-corrected chi connectivity index (χ4v) is 4.10. The Morgan fingerprint density at radius 3 is 1.10 bits per heavy atom. The van der Waals surface area contributed by atoms with Crippen molar-refractivity contribution < 1.29 is 28.7 Å². The molecule has 0 amide bonds. The number of carbonyl (C=O) groups is 4. The van der Waals surface area contributed by atoms with Gasteiger partial charge in [-0.25, -0.2) is 0 Å². The molecular weight excluding hydrogens is 504 g/mol. The van der Waals surface area contributed by atoms with Gasteiger partial charge >= 0.3 is 11.9 Å². The SMILES string of the molecule is O=C(CCCCC(=O)OCC(=O)c1ccc(-c2ccccc2)cc1)OCC(=O)c1ccc(-c2ccccc2)cc1. The van der Waals surface area contributed by atoms with Gasteiger partial charge in [0.1, 0.15) is 0 Å². The van der Waals surface area contributed by atoms with E-state index < -0.39 is 11.9 Å². The van der Waals surface area contributed by atoms with Crippen molar-refractivity contribution in [3.05, 3.63) is 120 Å². The van der Waals surface area contributed by atoms with E-state index in [0.717, 1.165) is 22.3 Å². The van der Waals surface area contributed by atoms with Crippen LogP contribution in [0.15, 0.2) is 109 Å². The number of ketones is 2. The molecule has 0 radical (unpaired) electrons. The van der Waals surface area contributed by atoms with Crippen molar-refractivity contribution in [1.82, 2.24) is 0 Å². The Kier molecular flexibility index (Phi) is 10.1. The van der Waals surface area contributed by atoms with Gasteiger partial charge in [-0.3, -0.25) is 19.2 Å². The molecule has 0 unspecified atom stereocenters. The molecule has 40 heavy (non-hydrogen) atoms. The number of hydrogen-bond donors (Lipinski definition) is 0. The molecule has 0 saturated carbocycles. The summed E-state index contributed by atoms with van der Waals surface area (Å²) < 4.78 is 10.2. The average Bonchev–Trinajstić information content (AvgIpc) is 3.01. The lowest BCUT2D eigenvalue weighted by molar-refractivity contribution is -0.144. The number of ether oxygens (including phenoxy) is 2. The number of esters is 2. The van der Waals surface area contributed by atoms with Crippen LogP contribution in [0.3, 0.4) is 0 Å². The van der Waals surface area contributed by atoms with Gasteiger partial charge in [0.05, 0.1) is 0 Å². The standard InChI is InChI=1S/C34H30O6/c35-31(29-19-15-27(16-20-29)25-9-3-1-4-10-25)23-39-33(37)13-7-8-14-34(38)40-24-32(36)30-21-17-28(18-22-30)26-11-5-2-6-12-26/h1-6,9-12,15-22H,7-8,13-14,23-24H2. The van der Waals surface area contributed by atoms with Crippen molar-refractivity contribution >= 4 is 23.5 Å². The maximum Gasteiger partial charge on any atom is 0.306 e. The Bertz CT molecular complexity index is 1310. The molecule has 4 rings (SSSR count). The third-order valence-electron chi connectivity index (χ3n) is 6.37. The van der Waals surface area contributed by atoms with Crippen molar-refractivity contribution in [3.63, 3.8) is 0 Å². The minimum Gasteiger partial charge on any atom is -0.457 e. The van der Waals surface area contributed by atoms with E-state index in [1.165, 1.54) is 0 Å². The highest BCUT2D eigenvalue weighted by Gasteiger charge is 2.13. The summed E-state index contributed by atoms with van der Waals surface area (Å²) in [5.74, 6) is -1.57. The van der Waals surface area contributed by atoms with Crippen molar-refractivity contribution in [2.24, 2.45) is 0 Å². The zero-order valence-electron chi connectivity index (χ0n) is 22.1. The maximum absolute atomic E-state index is 12.4. The zero-order valence-corrected chi connectivity index (χ0v) is 22.1. The van der Waals surface area contributed by atoms with Crippen LogP contribution in [0.4, 0.5) is 0 Å². The van der Waals surface area contributed by atoms with Crippen LogP contribution in [-0.2, 0) is 19.1 Å². The van der Waals surface area contributed by atoms with Gasteiger partial charge in [-0.2, -0.15) is 0 Å². The summed E-state index contributed by atoms with van der Waals surface area (Å²) in [5.41, 5.74) is 5.03. The van der Waals surface area contributed by atoms with E-state index >= 15 is 0 Å². The summed E-state index contributed by atoms with van der Waals surface area (Å²) in [6.45, 7) is -0.667. The Morgan fingerprint density at radius 1 is 0.425 bits per heavy atom. The van der Waals surface area contributed by atoms with E-state index in [1.54, 1.807) is 24.3 Å². The summed E-state index contributed by atoms with van der Waals surface area (Å²) in [5, 5.41) is 0. The highest BCUT2D eigenvalue weighted by molar-refractivity contribution is 5.99. The Hall–Kier alpha value is -4.84. The summed E-state index contributed by atoms with van der Waals surface area (Å²) in [6, 6.07) is 33.9. The molecule has 0 aliphatic carbocycles. The molecule has 4 aromatic carbocycles. The van der Waals surface area contributed by atoms with Crippen LogP contribution in [0.1, 0.15) is 46.4 Å². The van der Waals surface area contributed by atoms with Crippen molar-refractivity contribution in [3.8, 4) is 22.3 Å². The first-order valence-electron chi connectivity index (χ1n) is 13.2. The Balaban J connectivity index is 1.09. The van der Waals surface area contributed by atoms with Gasteiger partial charge in [0.15, 0.2) is 24.8 Å². The predicted octanol–water partition coefficient (Wildman–Crippen LogP) is 6.73. The normalized spacial score (nSPS) is 10.5. The Morgan fingerprint density at radius 2 is 0.750 bits per heavy atom. The van der Waals surface area contributed by atoms with Crippen molar-refractivity contribution in [2.75, 3.05) is 13.2 Å². The molecule has 0 fully saturated rings. The van der Waals surface area contributed by atoms with Gasteiger partial charge in [0.2, 0.25) is 0 Å². The average molecular weight is 535 g/mol. The molecule has 0 aliphatic rings. The lowest BCUT2D eigenvalue weighted by Crippen LogP contribution is -2.15. The van der Waals surface area contributed by atoms with E-state index in [2.05, 4.69) is 0 Å². The molecule has 0 aromatic heterocycles. The predicted molar refractivity (Wildman–Crippen MR) is 153 cm³/mol. The highest BCUT2D eigenvalue weighted by atomic mass is 16.5. The molecule has 6 heteroatoms. The second-order valence-electron chi connectivity index (χ2n) is 9.26. The lowest BCUT2D eigenvalue weighted by atomic mass is 10.0. The number of carbonyl (C=O) groups excluding carboxylic acids is 4. The van der Waals surface area contributed by atoms with Crippen molar-refractivity contribution in [2.45, 2.75) is 25.7 Å². The number of rotatable bonds is 13. The first-order valence-corrected chi connectivity index (χ1v) is 13.2. The molecule has 0 saturated heterocycles. The number of benzene rings is 4. The molecule has 4 aromatic rings. The Labute approximate surface area is 233 Å². The summed E-state index contributed by atoms with van der Waals surface area (Å²) >= 11 is 0. The number of unbranched alkanes of at least 4 members (excludes halogenated alkanes) is 1. The van der Waals surface area contributed by atoms with Crippen LogP contribution in [0.2, 0.25) is 0 Å². The van der Waals surface area contributed by atoms with Crippen LogP contribution in [0.5, 0.6) is 0 Å². The first-order chi connectivity index (χ1) is 19.5. The molecule has 0 aliphatic heterocycles. The van der Waals surface area contributed by atoms with Gasteiger partial charge in [-0.1, -0.05) is 109 Å². The van der Waals surface area contributed by atoms with Crippen molar-refractivity contribution in [1.29, 1.82) is 0 Å². The monoisotopic (exact) mass is 534 g/mol. The zero-order chi connectivity index (χ0) is 28.2. The largest absolute Gasteiger partial charge is 0.457 e. The minimum absolute atomic E-state index is 0.0835. The fourth-order valence-electron chi connectivity index (χ4n) is 4.10. The molecular formula is C34H30O6.